The highest BCUT2D eigenvalue weighted by molar-refractivity contribution is 5.59. The molecule has 1 aliphatic heterocycles. The molecule has 3 atom stereocenters. The second-order valence-electron chi connectivity index (χ2n) is 6.67. The quantitative estimate of drug-likeness (QED) is 0.617. The largest absolute Gasteiger partial charge is 0.468 e. The highest BCUT2D eigenvalue weighted by Crippen LogP contribution is 2.40. The Labute approximate surface area is 150 Å². The molecule has 2 aliphatic rings. The minimum atomic E-state index is -0.999. The SMILES string of the molecule is CC1(C2=CC=CC(F)C2)NNc2ccc(C(O)NCc3ccco3)nc21. The molecule has 1 aliphatic carbocycles. The van der Waals surface area contributed by atoms with Crippen LogP contribution in [0.2, 0.25) is 0 Å². The smallest absolute Gasteiger partial charge is 0.148 e. The molecule has 4 rings (SSSR count). The fourth-order valence-corrected chi connectivity index (χ4v) is 3.32. The van der Waals surface area contributed by atoms with E-state index in [0.717, 1.165) is 22.7 Å². The van der Waals surface area contributed by atoms with Crippen LogP contribution in [0.5, 0.6) is 0 Å². The molecule has 0 spiro atoms. The monoisotopic (exact) mass is 356 g/mol. The third-order valence-corrected chi connectivity index (χ3v) is 4.84. The molecule has 0 bridgehead atoms. The molecular weight excluding hydrogens is 335 g/mol. The molecule has 6 nitrogen and oxygen atoms in total. The van der Waals surface area contributed by atoms with Crippen LogP contribution >= 0.6 is 0 Å². The molecule has 0 radical (unpaired) electrons. The molecule has 0 fully saturated rings. The van der Waals surface area contributed by atoms with Crippen LogP contribution in [-0.2, 0) is 12.1 Å². The molecule has 2 aromatic heterocycles. The number of allylic oxidation sites excluding steroid dienone is 3. The zero-order valence-corrected chi connectivity index (χ0v) is 14.4. The molecular formula is C19H21FN4O2. The van der Waals surface area contributed by atoms with E-state index in [2.05, 4.69) is 21.2 Å². The fraction of sp³-hybridized carbons (Fsp3) is 0.316. The van der Waals surface area contributed by atoms with E-state index in [0.29, 0.717) is 18.7 Å². The van der Waals surface area contributed by atoms with Gasteiger partial charge >= 0.3 is 0 Å². The van der Waals surface area contributed by atoms with Crippen molar-refractivity contribution in [2.75, 3.05) is 5.43 Å². The van der Waals surface area contributed by atoms with Crippen molar-refractivity contribution in [2.24, 2.45) is 0 Å². The molecule has 0 amide bonds. The zero-order chi connectivity index (χ0) is 18.1. The van der Waals surface area contributed by atoms with Crippen molar-refractivity contribution in [3.8, 4) is 0 Å². The summed E-state index contributed by atoms with van der Waals surface area (Å²) < 4.78 is 19.1. The number of aliphatic hydroxyl groups is 1. The molecule has 136 valence electrons. The number of alkyl halides is 1. The van der Waals surface area contributed by atoms with Gasteiger partial charge in [-0.25, -0.2) is 14.8 Å². The van der Waals surface area contributed by atoms with Gasteiger partial charge in [-0.2, -0.15) is 0 Å². The van der Waals surface area contributed by atoms with Gasteiger partial charge in [0, 0.05) is 6.42 Å². The van der Waals surface area contributed by atoms with Crippen LogP contribution in [0.1, 0.15) is 36.7 Å². The van der Waals surface area contributed by atoms with Crippen LogP contribution in [0, 0.1) is 0 Å². The Kier molecular flexibility index (Phi) is 4.36. The number of furan rings is 1. The number of hydrogen-bond donors (Lipinski definition) is 4. The van der Waals surface area contributed by atoms with Gasteiger partial charge in [0.25, 0.3) is 0 Å². The number of nitrogens with one attached hydrogen (secondary N) is 3. The summed E-state index contributed by atoms with van der Waals surface area (Å²) in [6.07, 6.45) is 5.15. The van der Waals surface area contributed by atoms with E-state index < -0.39 is 17.9 Å². The molecule has 3 unspecified atom stereocenters. The summed E-state index contributed by atoms with van der Waals surface area (Å²) in [6.45, 7) is 2.35. The summed E-state index contributed by atoms with van der Waals surface area (Å²) in [7, 11) is 0. The maximum atomic E-state index is 13.8. The van der Waals surface area contributed by atoms with Gasteiger partial charge in [0.05, 0.1) is 35.4 Å². The van der Waals surface area contributed by atoms with Gasteiger partial charge in [-0.3, -0.25) is 5.32 Å². The molecule has 7 heteroatoms. The van der Waals surface area contributed by atoms with Gasteiger partial charge in [-0.1, -0.05) is 18.2 Å². The number of hydrogen-bond acceptors (Lipinski definition) is 6. The van der Waals surface area contributed by atoms with Gasteiger partial charge in [0.2, 0.25) is 0 Å². The second kappa shape index (κ2) is 6.68. The van der Waals surface area contributed by atoms with E-state index in [1.807, 2.05) is 25.1 Å². The third kappa shape index (κ3) is 3.05. The average molecular weight is 356 g/mol. The number of aromatic nitrogens is 1. The first-order valence-electron chi connectivity index (χ1n) is 8.56. The van der Waals surface area contributed by atoms with Gasteiger partial charge in [-0.15, -0.1) is 0 Å². The Morgan fingerprint density at radius 1 is 1.46 bits per heavy atom. The third-order valence-electron chi connectivity index (χ3n) is 4.84. The van der Waals surface area contributed by atoms with E-state index in [-0.39, 0.29) is 0 Å². The number of rotatable bonds is 5. The summed E-state index contributed by atoms with van der Waals surface area (Å²) in [5, 5.41) is 13.4. The lowest BCUT2D eigenvalue weighted by Crippen LogP contribution is -2.40. The van der Waals surface area contributed by atoms with Crippen molar-refractivity contribution in [1.82, 2.24) is 15.7 Å². The Morgan fingerprint density at radius 2 is 2.35 bits per heavy atom. The Morgan fingerprint density at radius 3 is 3.12 bits per heavy atom. The highest BCUT2D eigenvalue weighted by atomic mass is 19.1. The van der Waals surface area contributed by atoms with Crippen molar-refractivity contribution in [2.45, 2.75) is 37.8 Å². The van der Waals surface area contributed by atoms with Crippen LogP contribution in [0.4, 0.5) is 10.1 Å². The fourth-order valence-electron chi connectivity index (χ4n) is 3.32. The zero-order valence-electron chi connectivity index (χ0n) is 14.4. The Bertz CT molecular complexity index is 849. The molecule has 4 N–H and O–H groups in total. The minimum Gasteiger partial charge on any atom is -0.468 e. The van der Waals surface area contributed by atoms with Crippen LogP contribution in [0.25, 0.3) is 0 Å². The topological polar surface area (TPSA) is 82.4 Å². The van der Waals surface area contributed by atoms with E-state index in [4.69, 9.17) is 4.42 Å². The maximum Gasteiger partial charge on any atom is 0.148 e. The maximum absolute atomic E-state index is 13.8. The standard InChI is InChI=1S/C19H21FN4O2/c1-19(12-4-2-5-13(20)10-12)17-15(23-24-19)7-8-16(22-17)18(25)21-11-14-6-3-9-26-14/h2-9,13,18,21,23-25H,10-11H2,1H3. The number of anilines is 1. The molecule has 0 saturated carbocycles. The second-order valence-corrected chi connectivity index (χ2v) is 6.67. The van der Waals surface area contributed by atoms with Crippen molar-refractivity contribution in [3.05, 3.63) is 71.5 Å². The summed E-state index contributed by atoms with van der Waals surface area (Å²) in [5.41, 5.74) is 8.64. The minimum absolute atomic E-state index is 0.312. The number of hydrazine groups is 1. The van der Waals surface area contributed by atoms with E-state index in [1.54, 1.807) is 30.5 Å². The Balaban J connectivity index is 1.57. The van der Waals surface area contributed by atoms with Gasteiger partial charge < -0.3 is 14.9 Å². The van der Waals surface area contributed by atoms with Crippen LogP contribution < -0.4 is 16.2 Å². The van der Waals surface area contributed by atoms with E-state index >= 15 is 0 Å². The molecule has 3 heterocycles. The van der Waals surface area contributed by atoms with E-state index in [1.165, 1.54) is 0 Å². The predicted molar refractivity (Wildman–Crippen MR) is 95.6 cm³/mol. The van der Waals surface area contributed by atoms with Crippen LogP contribution in [0.3, 0.4) is 0 Å². The normalized spacial score (nSPS) is 25.5. The average Bonchev–Trinajstić information content (AvgIpc) is 3.28. The summed E-state index contributed by atoms with van der Waals surface area (Å²) in [4.78, 5) is 4.65. The predicted octanol–water partition coefficient (Wildman–Crippen LogP) is 2.83. The highest BCUT2D eigenvalue weighted by Gasteiger charge is 2.40. The Hall–Kier alpha value is -2.48. The molecule has 0 saturated heterocycles. The first-order chi connectivity index (χ1) is 12.6. The summed E-state index contributed by atoms with van der Waals surface area (Å²) >= 11 is 0. The van der Waals surface area contributed by atoms with Gasteiger partial charge in [0.1, 0.15) is 18.2 Å². The lowest BCUT2D eigenvalue weighted by Gasteiger charge is -2.29. The first kappa shape index (κ1) is 17.0. The van der Waals surface area contributed by atoms with Crippen molar-refractivity contribution in [3.63, 3.8) is 0 Å². The lowest BCUT2D eigenvalue weighted by molar-refractivity contribution is 0.129. The molecule has 2 aromatic rings. The number of aliphatic hydroxyl groups excluding tert-OH is 1. The van der Waals surface area contributed by atoms with Crippen LogP contribution in [0.15, 0.2) is 58.7 Å². The van der Waals surface area contributed by atoms with Crippen LogP contribution in [-0.4, -0.2) is 16.3 Å². The van der Waals surface area contributed by atoms with E-state index in [9.17, 15) is 9.50 Å². The molecule has 0 aromatic carbocycles. The number of pyridine rings is 1. The van der Waals surface area contributed by atoms with Crippen molar-refractivity contribution in [1.29, 1.82) is 0 Å². The number of fused-ring (bicyclic) bond motifs is 1. The lowest BCUT2D eigenvalue weighted by atomic mass is 9.83. The van der Waals surface area contributed by atoms with Gasteiger partial charge in [-0.05, 0) is 36.8 Å². The number of halogens is 1. The number of nitrogens with zero attached hydrogens (tertiary/aromatic N) is 1. The molecule has 26 heavy (non-hydrogen) atoms. The van der Waals surface area contributed by atoms with Crippen molar-refractivity contribution < 1.29 is 13.9 Å². The summed E-state index contributed by atoms with van der Waals surface area (Å²) in [6, 6.07) is 7.24. The van der Waals surface area contributed by atoms with Crippen molar-refractivity contribution >= 4 is 5.69 Å². The summed E-state index contributed by atoms with van der Waals surface area (Å²) in [5.74, 6) is 0.728. The van der Waals surface area contributed by atoms with Gasteiger partial charge in [0.15, 0.2) is 0 Å². The first-order valence-corrected chi connectivity index (χ1v) is 8.56.